The number of benzene rings is 2. The molecule has 1 N–H and O–H groups in total. The Morgan fingerprint density at radius 1 is 1.08 bits per heavy atom. The molecule has 0 atom stereocenters. The fraction of sp³-hybridized carbons (Fsp3) is 0.235. The Morgan fingerprint density at radius 3 is 2.36 bits per heavy atom. The molecule has 2 aromatic rings. The molecule has 0 aliphatic carbocycles. The van der Waals surface area contributed by atoms with E-state index in [1.54, 1.807) is 16.9 Å². The van der Waals surface area contributed by atoms with Gasteiger partial charge >= 0.3 is 0 Å². The molecule has 0 aliphatic rings. The highest BCUT2D eigenvalue weighted by Gasteiger charge is 2.19. The Kier molecular flexibility index (Phi) is 5.42. The SMILES string of the molecule is Cc1ccc(OCc2cc(F)c(C(=O)NS(C)(=O)=O)cc2F)cc1C. The second-order valence-corrected chi connectivity index (χ2v) is 7.41. The third kappa shape index (κ3) is 4.99. The van der Waals surface area contributed by atoms with Crippen molar-refractivity contribution in [3.05, 3.63) is 64.2 Å². The summed E-state index contributed by atoms with van der Waals surface area (Å²) >= 11 is 0. The smallest absolute Gasteiger partial charge is 0.267 e. The molecule has 0 saturated heterocycles. The van der Waals surface area contributed by atoms with E-state index in [-0.39, 0.29) is 12.2 Å². The lowest BCUT2D eigenvalue weighted by molar-refractivity contribution is 0.0977. The third-order valence-corrected chi connectivity index (χ3v) is 4.09. The van der Waals surface area contributed by atoms with Gasteiger partial charge in [-0.25, -0.2) is 21.9 Å². The number of carbonyl (C=O) groups is 1. The predicted octanol–water partition coefficient (Wildman–Crippen LogP) is 2.85. The van der Waals surface area contributed by atoms with Crippen LogP contribution in [0, 0.1) is 25.5 Å². The summed E-state index contributed by atoms with van der Waals surface area (Å²) in [5.41, 5.74) is 1.28. The molecule has 25 heavy (non-hydrogen) atoms. The summed E-state index contributed by atoms with van der Waals surface area (Å²) in [4.78, 5) is 11.7. The molecule has 2 aromatic carbocycles. The Morgan fingerprint density at radius 2 is 1.76 bits per heavy atom. The van der Waals surface area contributed by atoms with Crippen LogP contribution in [0.3, 0.4) is 0 Å². The molecule has 0 heterocycles. The van der Waals surface area contributed by atoms with Crippen LogP contribution in [-0.4, -0.2) is 20.6 Å². The fourth-order valence-electron chi connectivity index (χ4n) is 2.06. The first-order valence-corrected chi connectivity index (χ1v) is 9.16. The zero-order valence-corrected chi connectivity index (χ0v) is 14.7. The first-order chi connectivity index (χ1) is 11.6. The molecule has 2 rings (SSSR count). The van der Waals surface area contributed by atoms with Crippen LogP contribution in [0.15, 0.2) is 30.3 Å². The van der Waals surface area contributed by atoms with Gasteiger partial charge in [0, 0.05) is 5.56 Å². The highest BCUT2D eigenvalue weighted by molar-refractivity contribution is 7.89. The monoisotopic (exact) mass is 369 g/mol. The number of sulfonamides is 1. The van der Waals surface area contributed by atoms with Gasteiger partial charge in [-0.05, 0) is 49.2 Å². The number of aryl methyl sites for hydroxylation is 2. The van der Waals surface area contributed by atoms with Gasteiger partial charge in [-0.3, -0.25) is 4.79 Å². The molecule has 8 heteroatoms. The van der Waals surface area contributed by atoms with Crippen molar-refractivity contribution in [3.63, 3.8) is 0 Å². The van der Waals surface area contributed by atoms with E-state index in [2.05, 4.69) is 0 Å². The van der Waals surface area contributed by atoms with Crippen LogP contribution in [0.1, 0.15) is 27.0 Å². The molecule has 0 saturated carbocycles. The van der Waals surface area contributed by atoms with Crippen molar-refractivity contribution in [1.29, 1.82) is 0 Å². The van der Waals surface area contributed by atoms with Gasteiger partial charge in [-0.2, -0.15) is 0 Å². The van der Waals surface area contributed by atoms with Gasteiger partial charge in [-0.15, -0.1) is 0 Å². The summed E-state index contributed by atoms with van der Waals surface area (Å²) in [6.07, 6.45) is 0.741. The minimum absolute atomic E-state index is 0.0911. The number of hydrogen-bond donors (Lipinski definition) is 1. The third-order valence-electron chi connectivity index (χ3n) is 3.53. The maximum atomic E-state index is 14.1. The molecule has 0 aliphatic heterocycles. The number of ether oxygens (including phenoxy) is 1. The number of rotatable bonds is 5. The molecular formula is C17H17F2NO4S. The van der Waals surface area contributed by atoms with Crippen LogP contribution in [0.25, 0.3) is 0 Å². The van der Waals surface area contributed by atoms with Gasteiger partial charge in [0.15, 0.2) is 0 Å². The summed E-state index contributed by atoms with van der Waals surface area (Å²) in [5, 5.41) is 0. The second-order valence-electron chi connectivity index (χ2n) is 5.66. The van der Waals surface area contributed by atoms with Crippen molar-refractivity contribution in [1.82, 2.24) is 4.72 Å². The topological polar surface area (TPSA) is 72.5 Å². The summed E-state index contributed by atoms with van der Waals surface area (Å²) in [7, 11) is -3.88. The normalized spacial score (nSPS) is 11.2. The minimum Gasteiger partial charge on any atom is -0.489 e. The van der Waals surface area contributed by atoms with Crippen molar-refractivity contribution >= 4 is 15.9 Å². The first-order valence-electron chi connectivity index (χ1n) is 7.27. The zero-order chi connectivity index (χ0) is 18.8. The highest BCUT2D eigenvalue weighted by Crippen LogP contribution is 2.20. The van der Waals surface area contributed by atoms with Crippen LogP contribution >= 0.6 is 0 Å². The van der Waals surface area contributed by atoms with Crippen molar-refractivity contribution in [3.8, 4) is 5.75 Å². The summed E-state index contributed by atoms with van der Waals surface area (Å²) in [5.74, 6) is -2.65. The van der Waals surface area contributed by atoms with Crippen LogP contribution < -0.4 is 9.46 Å². The summed E-state index contributed by atoms with van der Waals surface area (Å²) in [6.45, 7) is 3.60. The fourth-order valence-corrected chi connectivity index (χ4v) is 2.51. The largest absolute Gasteiger partial charge is 0.489 e. The average molecular weight is 369 g/mol. The standard InChI is InChI=1S/C17H17F2NO4S/c1-10-4-5-13(6-11(10)2)24-9-12-7-16(19)14(8-15(12)18)17(21)20-25(3,22)23/h4-8H,9H2,1-3H3,(H,20,21). The van der Waals surface area contributed by atoms with Crippen LogP contribution in [0.5, 0.6) is 5.75 Å². The molecule has 0 fully saturated rings. The number of halogens is 2. The van der Waals surface area contributed by atoms with Gasteiger partial charge in [0.05, 0.1) is 11.8 Å². The molecule has 0 spiro atoms. The summed E-state index contributed by atoms with van der Waals surface area (Å²) in [6, 6.07) is 6.80. The van der Waals surface area contributed by atoms with E-state index in [0.717, 1.165) is 23.4 Å². The Balaban J connectivity index is 2.19. The molecule has 0 bridgehead atoms. The van der Waals surface area contributed by atoms with E-state index in [1.807, 2.05) is 19.9 Å². The molecule has 1 amide bonds. The predicted molar refractivity (Wildman–Crippen MR) is 88.9 cm³/mol. The van der Waals surface area contributed by atoms with Crippen LogP contribution in [0.4, 0.5) is 8.78 Å². The van der Waals surface area contributed by atoms with E-state index < -0.39 is 33.1 Å². The first kappa shape index (κ1) is 18.9. The lowest BCUT2D eigenvalue weighted by Crippen LogP contribution is -2.30. The van der Waals surface area contributed by atoms with E-state index in [1.165, 1.54) is 0 Å². The molecule has 5 nitrogen and oxygen atoms in total. The molecule has 134 valence electrons. The number of hydrogen-bond acceptors (Lipinski definition) is 4. The number of nitrogens with one attached hydrogen (secondary N) is 1. The van der Waals surface area contributed by atoms with Gasteiger partial charge in [0.25, 0.3) is 5.91 Å². The lowest BCUT2D eigenvalue weighted by Gasteiger charge is -2.11. The maximum absolute atomic E-state index is 14.1. The highest BCUT2D eigenvalue weighted by atomic mass is 32.2. The van der Waals surface area contributed by atoms with Gasteiger partial charge in [0.2, 0.25) is 10.0 Å². The van der Waals surface area contributed by atoms with Crippen LogP contribution in [0.2, 0.25) is 0 Å². The van der Waals surface area contributed by atoms with E-state index in [4.69, 9.17) is 4.74 Å². The Bertz CT molecular complexity index is 926. The van der Waals surface area contributed by atoms with E-state index in [0.29, 0.717) is 11.8 Å². The van der Waals surface area contributed by atoms with Gasteiger partial charge in [0.1, 0.15) is 24.0 Å². The average Bonchev–Trinajstić information content (AvgIpc) is 2.49. The van der Waals surface area contributed by atoms with Crippen molar-refractivity contribution < 1.29 is 26.7 Å². The van der Waals surface area contributed by atoms with Crippen molar-refractivity contribution in [2.24, 2.45) is 0 Å². The summed E-state index contributed by atoms with van der Waals surface area (Å²) < 4.78 is 57.2. The van der Waals surface area contributed by atoms with E-state index >= 15 is 0 Å². The van der Waals surface area contributed by atoms with Crippen molar-refractivity contribution in [2.75, 3.05) is 6.26 Å². The van der Waals surface area contributed by atoms with Gasteiger partial charge < -0.3 is 4.74 Å². The number of carbonyl (C=O) groups excluding carboxylic acids is 1. The van der Waals surface area contributed by atoms with Gasteiger partial charge in [-0.1, -0.05) is 6.07 Å². The quantitative estimate of drug-likeness (QED) is 0.880. The minimum atomic E-state index is -3.88. The Hall–Kier alpha value is -2.48. The van der Waals surface area contributed by atoms with Crippen LogP contribution in [-0.2, 0) is 16.6 Å². The van der Waals surface area contributed by atoms with E-state index in [9.17, 15) is 22.0 Å². The van der Waals surface area contributed by atoms with Crippen molar-refractivity contribution in [2.45, 2.75) is 20.5 Å². The Labute approximate surface area is 144 Å². The molecule has 0 radical (unpaired) electrons. The maximum Gasteiger partial charge on any atom is 0.267 e. The second kappa shape index (κ2) is 7.18. The molecular weight excluding hydrogens is 352 g/mol. The number of amides is 1. The molecule has 0 unspecified atom stereocenters. The lowest BCUT2D eigenvalue weighted by atomic mass is 10.1. The molecule has 0 aromatic heterocycles. The zero-order valence-electron chi connectivity index (χ0n) is 13.9.